The van der Waals surface area contributed by atoms with Crippen LogP contribution in [0.25, 0.3) is 16.9 Å². The Kier molecular flexibility index (Phi) is 6.72. The first-order valence-corrected chi connectivity index (χ1v) is 12.3. The van der Waals surface area contributed by atoms with Gasteiger partial charge in [0, 0.05) is 29.1 Å². The Labute approximate surface area is 203 Å². The third kappa shape index (κ3) is 4.31. The quantitative estimate of drug-likeness (QED) is 0.488. The minimum Gasteiger partial charge on any atom is -0.488 e. The van der Waals surface area contributed by atoms with Crippen molar-refractivity contribution in [3.05, 3.63) is 63.5 Å². The number of amides is 1. The molecule has 3 aromatic rings. The van der Waals surface area contributed by atoms with Gasteiger partial charge >= 0.3 is 0 Å². The van der Waals surface area contributed by atoms with Crippen molar-refractivity contribution in [2.45, 2.75) is 46.3 Å². The predicted molar refractivity (Wildman–Crippen MR) is 136 cm³/mol. The molecule has 0 aliphatic carbocycles. The number of rotatable bonds is 7. The number of hydrogen-bond acceptors (Lipinski definition) is 6. The summed E-state index contributed by atoms with van der Waals surface area (Å²) in [5.41, 5.74) is 5.91. The van der Waals surface area contributed by atoms with Crippen molar-refractivity contribution in [3.63, 3.8) is 0 Å². The van der Waals surface area contributed by atoms with Gasteiger partial charge in [0.2, 0.25) is 0 Å². The van der Waals surface area contributed by atoms with Crippen LogP contribution in [0.4, 0.5) is 0 Å². The van der Waals surface area contributed by atoms with E-state index in [9.17, 15) is 9.90 Å². The summed E-state index contributed by atoms with van der Waals surface area (Å²) in [4.78, 5) is 17.7. The van der Waals surface area contributed by atoms with Gasteiger partial charge in [0.25, 0.3) is 5.91 Å². The molecule has 0 radical (unpaired) electrons. The number of ether oxygens (including phenoxy) is 1. The van der Waals surface area contributed by atoms with Gasteiger partial charge in [-0.2, -0.15) is 16.4 Å². The smallest absolute Gasteiger partial charge is 0.272 e. The number of carbonyl (C=O) groups excluding carboxylic acids is 1. The van der Waals surface area contributed by atoms with Gasteiger partial charge in [-0.05, 0) is 62.4 Å². The lowest BCUT2D eigenvalue weighted by Gasteiger charge is -2.24. The number of allylic oxidation sites excluding steroid dienone is 2. The second-order valence-electron chi connectivity index (χ2n) is 8.82. The van der Waals surface area contributed by atoms with Gasteiger partial charge in [-0.3, -0.25) is 9.79 Å². The fourth-order valence-corrected chi connectivity index (χ4v) is 4.68. The Bertz CT molecular complexity index is 1270. The Morgan fingerprint density at radius 1 is 1.41 bits per heavy atom. The van der Waals surface area contributed by atoms with Crippen molar-refractivity contribution in [1.29, 1.82) is 0 Å². The molecular formula is C26H30N4O3S. The molecule has 1 aliphatic heterocycles. The SMILES string of the molecule is C/C=C\C(=NC)c1cc2c(cc1CC)OCc1c(C(=O)NC(C)(C)CO)nn(-c3ccsc3)c1-2. The number of aliphatic imine (C=N–C) groups is 1. The van der Waals surface area contributed by atoms with Gasteiger partial charge in [0.15, 0.2) is 5.69 Å². The Morgan fingerprint density at radius 3 is 2.82 bits per heavy atom. The highest BCUT2D eigenvalue weighted by molar-refractivity contribution is 7.08. The number of aliphatic hydroxyl groups excluding tert-OH is 1. The summed E-state index contributed by atoms with van der Waals surface area (Å²) in [6.07, 6.45) is 4.81. The van der Waals surface area contributed by atoms with E-state index in [2.05, 4.69) is 29.4 Å². The number of fused-ring (bicyclic) bond motifs is 3. The van der Waals surface area contributed by atoms with Crippen molar-refractivity contribution in [2.75, 3.05) is 13.7 Å². The number of nitrogens with zero attached hydrogens (tertiary/aromatic N) is 3. The van der Waals surface area contributed by atoms with Gasteiger partial charge in [-0.15, -0.1) is 0 Å². The second kappa shape index (κ2) is 9.56. The molecule has 0 saturated heterocycles. The van der Waals surface area contributed by atoms with E-state index in [0.717, 1.165) is 51.5 Å². The lowest BCUT2D eigenvalue weighted by atomic mass is 9.93. The van der Waals surface area contributed by atoms with Crippen molar-refractivity contribution in [3.8, 4) is 22.7 Å². The Morgan fingerprint density at radius 2 is 2.21 bits per heavy atom. The molecule has 0 unspecified atom stereocenters. The molecule has 0 bridgehead atoms. The first-order chi connectivity index (χ1) is 16.3. The molecule has 1 amide bonds. The first kappa shape index (κ1) is 23.9. The molecule has 2 N–H and O–H groups in total. The maximum Gasteiger partial charge on any atom is 0.272 e. The average Bonchev–Trinajstić information content (AvgIpc) is 3.49. The maximum absolute atomic E-state index is 13.2. The summed E-state index contributed by atoms with van der Waals surface area (Å²) in [7, 11) is 1.79. The van der Waals surface area contributed by atoms with Crippen molar-refractivity contribution in [1.82, 2.24) is 15.1 Å². The van der Waals surface area contributed by atoms with Crippen molar-refractivity contribution >= 4 is 23.0 Å². The van der Waals surface area contributed by atoms with E-state index < -0.39 is 5.54 Å². The van der Waals surface area contributed by atoms with Crippen molar-refractivity contribution < 1.29 is 14.6 Å². The minimum absolute atomic E-state index is 0.182. The summed E-state index contributed by atoms with van der Waals surface area (Å²) < 4.78 is 7.98. The summed E-state index contributed by atoms with van der Waals surface area (Å²) >= 11 is 1.57. The molecule has 0 saturated carbocycles. The van der Waals surface area contributed by atoms with Crippen LogP contribution < -0.4 is 10.1 Å². The minimum atomic E-state index is -0.772. The van der Waals surface area contributed by atoms with Gasteiger partial charge in [-0.25, -0.2) is 4.68 Å². The van der Waals surface area contributed by atoms with Crippen LogP contribution in [0, 0.1) is 0 Å². The molecule has 0 fully saturated rings. The molecule has 2 aromatic heterocycles. The zero-order valence-corrected chi connectivity index (χ0v) is 21.0. The van der Waals surface area contributed by atoms with Gasteiger partial charge in [0.1, 0.15) is 12.4 Å². The molecule has 7 nitrogen and oxygen atoms in total. The average molecular weight is 479 g/mol. The summed E-state index contributed by atoms with van der Waals surface area (Å²) in [5.74, 6) is 0.425. The number of benzene rings is 1. The van der Waals surface area contributed by atoms with E-state index in [1.54, 1.807) is 32.2 Å². The van der Waals surface area contributed by atoms with Crippen LogP contribution in [0.1, 0.15) is 54.9 Å². The van der Waals surface area contributed by atoms with Gasteiger partial charge in [0.05, 0.1) is 29.2 Å². The number of hydrogen-bond donors (Lipinski definition) is 2. The number of aromatic nitrogens is 2. The van der Waals surface area contributed by atoms with Crippen LogP contribution in [0.3, 0.4) is 0 Å². The van der Waals surface area contributed by atoms with Crippen LogP contribution in [-0.2, 0) is 13.0 Å². The van der Waals surface area contributed by atoms with Crippen LogP contribution in [0.5, 0.6) is 5.75 Å². The molecule has 3 heterocycles. The largest absolute Gasteiger partial charge is 0.488 e. The van der Waals surface area contributed by atoms with Gasteiger partial charge in [-0.1, -0.05) is 13.0 Å². The highest BCUT2D eigenvalue weighted by Crippen LogP contribution is 2.42. The lowest BCUT2D eigenvalue weighted by Crippen LogP contribution is -2.46. The molecule has 178 valence electrons. The van der Waals surface area contributed by atoms with Crippen LogP contribution in [0.2, 0.25) is 0 Å². The molecule has 1 aromatic carbocycles. The fraction of sp³-hybridized carbons (Fsp3) is 0.346. The summed E-state index contributed by atoms with van der Waals surface area (Å²) in [6.45, 7) is 7.68. The number of carbonyl (C=O) groups is 1. The molecule has 4 rings (SSSR count). The monoisotopic (exact) mass is 478 g/mol. The standard InChI is InChI=1S/C26H30N4O3S/c1-6-8-21(27-5)18-12-19-22(11-16(18)7-2)33-13-20-23(25(32)28-26(3,4)15-31)29-30(24(19)20)17-9-10-34-14-17/h6,8-12,14,31H,7,13,15H2,1-5H3,(H,28,32)/b8-6-,27-21?. The lowest BCUT2D eigenvalue weighted by molar-refractivity contribution is 0.0861. The third-order valence-corrected chi connectivity index (χ3v) is 6.52. The molecule has 8 heteroatoms. The summed E-state index contributed by atoms with van der Waals surface area (Å²) in [6, 6.07) is 6.15. The van der Waals surface area contributed by atoms with E-state index in [1.807, 2.05) is 40.6 Å². The molecular weight excluding hydrogens is 448 g/mol. The predicted octanol–water partition coefficient (Wildman–Crippen LogP) is 4.55. The second-order valence-corrected chi connectivity index (χ2v) is 9.60. The topological polar surface area (TPSA) is 88.7 Å². The fourth-order valence-electron chi connectivity index (χ4n) is 4.07. The first-order valence-electron chi connectivity index (χ1n) is 11.3. The normalized spacial score (nSPS) is 13.5. The molecule has 0 atom stereocenters. The van der Waals surface area contributed by atoms with E-state index in [4.69, 9.17) is 9.84 Å². The van der Waals surface area contributed by atoms with Crippen LogP contribution >= 0.6 is 11.3 Å². The zero-order valence-electron chi connectivity index (χ0n) is 20.2. The van der Waals surface area contributed by atoms with E-state index in [-0.39, 0.29) is 19.1 Å². The number of aliphatic hydroxyl groups is 1. The molecule has 1 aliphatic rings. The number of aryl methyl sites for hydroxylation is 1. The summed E-state index contributed by atoms with van der Waals surface area (Å²) in [5, 5.41) is 21.2. The van der Waals surface area contributed by atoms with Gasteiger partial charge < -0.3 is 15.2 Å². The van der Waals surface area contributed by atoms with E-state index in [0.29, 0.717) is 5.69 Å². The highest BCUT2D eigenvalue weighted by Gasteiger charge is 2.33. The van der Waals surface area contributed by atoms with E-state index >= 15 is 0 Å². The van der Waals surface area contributed by atoms with Crippen molar-refractivity contribution in [2.24, 2.45) is 4.99 Å². The number of thiophene rings is 1. The Balaban J connectivity index is 1.95. The maximum atomic E-state index is 13.2. The van der Waals surface area contributed by atoms with Crippen LogP contribution in [-0.4, -0.2) is 45.7 Å². The third-order valence-electron chi connectivity index (χ3n) is 5.85. The zero-order chi connectivity index (χ0) is 24.5. The highest BCUT2D eigenvalue weighted by atomic mass is 32.1. The Hall–Kier alpha value is -3.23. The molecule has 34 heavy (non-hydrogen) atoms. The number of nitrogens with one attached hydrogen (secondary N) is 1. The van der Waals surface area contributed by atoms with E-state index in [1.165, 1.54) is 0 Å². The van der Waals surface area contributed by atoms with Crippen LogP contribution in [0.15, 0.2) is 46.1 Å². The molecule has 0 spiro atoms.